The van der Waals surface area contributed by atoms with Gasteiger partial charge in [0.25, 0.3) is 0 Å². The van der Waals surface area contributed by atoms with E-state index in [-0.39, 0.29) is 17.9 Å². The molecule has 1 aliphatic carbocycles. The molecule has 1 saturated carbocycles. The van der Waals surface area contributed by atoms with Gasteiger partial charge in [-0.25, -0.2) is 0 Å². The molecule has 0 radical (unpaired) electrons. The summed E-state index contributed by atoms with van der Waals surface area (Å²) in [6.07, 6.45) is 9.80. The zero-order chi connectivity index (χ0) is 15.3. The Morgan fingerprint density at radius 1 is 1.24 bits per heavy atom. The van der Waals surface area contributed by atoms with Crippen LogP contribution in [0, 0.1) is 0 Å². The van der Waals surface area contributed by atoms with Crippen molar-refractivity contribution in [3.63, 3.8) is 0 Å². The monoisotopic (exact) mass is 312 g/mol. The Morgan fingerprint density at radius 2 is 1.95 bits per heavy atom. The number of nitrogens with zero attached hydrogens (tertiary/aromatic N) is 1. The molecule has 1 unspecified atom stereocenters. The molecule has 1 heterocycles. The molecule has 120 valence electrons. The number of hydrogen-bond donors (Lipinski definition) is 1. The number of amides is 2. The standard InChI is InChI=1S/C16H28N2O2S/c1-3-13-14(19)17-16(9-5-4-6-10-16)15(20)18(13)11-7-8-12-21-2/h13H,3-12H2,1-2H3,(H,17,19). The summed E-state index contributed by atoms with van der Waals surface area (Å²) in [6, 6.07) is -0.265. The summed E-state index contributed by atoms with van der Waals surface area (Å²) in [5.41, 5.74) is -0.583. The second-order valence-corrected chi connectivity index (χ2v) is 7.24. The van der Waals surface area contributed by atoms with Gasteiger partial charge >= 0.3 is 0 Å². The number of hydrogen-bond acceptors (Lipinski definition) is 3. The highest BCUT2D eigenvalue weighted by molar-refractivity contribution is 7.98. The molecule has 0 aromatic carbocycles. The second kappa shape index (κ2) is 7.52. The van der Waals surface area contributed by atoms with Gasteiger partial charge in [0.2, 0.25) is 11.8 Å². The van der Waals surface area contributed by atoms with E-state index >= 15 is 0 Å². The average molecular weight is 312 g/mol. The summed E-state index contributed by atoms with van der Waals surface area (Å²) in [7, 11) is 0. The highest BCUT2D eigenvalue weighted by atomic mass is 32.2. The quantitative estimate of drug-likeness (QED) is 0.767. The Labute approximate surface area is 132 Å². The molecule has 21 heavy (non-hydrogen) atoms. The maximum atomic E-state index is 13.0. The predicted octanol–water partition coefficient (Wildman–Crippen LogP) is 2.57. The van der Waals surface area contributed by atoms with Crippen molar-refractivity contribution < 1.29 is 9.59 Å². The molecular weight excluding hydrogens is 284 g/mol. The van der Waals surface area contributed by atoms with E-state index in [2.05, 4.69) is 11.6 Å². The lowest BCUT2D eigenvalue weighted by Gasteiger charge is -2.47. The summed E-state index contributed by atoms with van der Waals surface area (Å²) in [5.74, 6) is 1.36. The topological polar surface area (TPSA) is 49.4 Å². The van der Waals surface area contributed by atoms with E-state index in [0.29, 0.717) is 6.42 Å². The number of unbranched alkanes of at least 4 members (excludes halogenated alkanes) is 1. The molecule has 2 fully saturated rings. The molecule has 1 atom stereocenters. The first-order valence-electron chi connectivity index (χ1n) is 8.26. The van der Waals surface area contributed by atoms with Crippen LogP contribution in [-0.4, -0.2) is 46.8 Å². The minimum Gasteiger partial charge on any atom is -0.340 e. The van der Waals surface area contributed by atoms with Crippen LogP contribution < -0.4 is 5.32 Å². The summed E-state index contributed by atoms with van der Waals surface area (Å²) >= 11 is 1.83. The zero-order valence-electron chi connectivity index (χ0n) is 13.3. The normalized spacial score (nSPS) is 25.2. The highest BCUT2D eigenvalue weighted by Crippen LogP contribution is 2.33. The van der Waals surface area contributed by atoms with E-state index in [1.807, 2.05) is 23.6 Å². The van der Waals surface area contributed by atoms with Gasteiger partial charge in [-0.2, -0.15) is 11.8 Å². The van der Waals surface area contributed by atoms with Gasteiger partial charge in [-0.05, 0) is 44.1 Å². The number of thioether (sulfide) groups is 1. The van der Waals surface area contributed by atoms with E-state index in [1.165, 1.54) is 6.42 Å². The van der Waals surface area contributed by atoms with Crippen molar-refractivity contribution in [2.24, 2.45) is 0 Å². The molecule has 0 aromatic rings. The number of carbonyl (C=O) groups is 2. The number of nitrogens with one attached hydrogen (secondary N) is 1. The Kier molecular flexibility index (Phi) is 5.97. The molecule has 1 aliphatic heterocycles. The third kappa shape index (κ3) is 3.55. The average Bonchev–Trinajstić information content (AvgIpc) is 2.49. The highest BCUT2D eigenvalue weighted by Gasteiger charge is 2.50. The van der Waals surface area contributed by atoms with Gasteiger partial charge < -0.3 is 10.2 Å². The molecule has 4 nitrogen and oxygen atoms in total. The summed E-state index contributed by atoms with van der Waals surface area (Å²) in [4.78, 5) is 27.3. The first-order valence-corrected chi connectivity index (χ1v) is 9.66. The Bertz CT molecular complexity index is 380. The fraction of sp³-hybridized carbons (Fsp3) is 0.875. The molecule has 0 aromatic heterocycles. The summed E-state index contributed by atoms with van der Waals surface area (Å²) < 4.78 is 0. The first-order chi connectivity index (χ1) is 10.1. The van der Waals surface area contributed by atoms with Crippen LogP contribution in [0.4, 0.5) is 0 Å². The van der Waals surface area contributed by atoms with E-state index < -0.39 is 5.54 Å². The SMILES string of the molecule is CCC1C(=O)NC2(CCCCC2)C(=O)N1CCCCSC. The van der Waals surface area contributed by atoms with Crippen molar-refractivity contribution in [2.45, 2.75) is 69.9 Å². The van der Waals surface area contributed by atoms with Crippen LogP contribution in [-0.2, 0) is 9.59 Å². The van der Waals surface area contributed by atoms with Crippen LogP contribution in [0.3, 0.4) is 0 Å². The fourth-order valence-corrected chi connectivity index (χ4v) is 4.11. The molecule has 2 amide bonds. The third-order valence-corrected chi connectivity index (χ3v) is 5.50. The third-order valence-electron chi connectivity index (χ3n) is 4.80. The molecule has 0 bridgehead atoms. The van der Waals surface area contributed by atoms with E-state index in [0.717, 1.165) is 50.8 Å². The van der Waals surface area contributed by atoms with Gasteiger partial charge in [0, 0.05) is 6.54 Å². The van der Waals surface area contributed by atoms with Crippen LogP contribution in [0.1, 0.15) is 58.3 Å². The summed E-state index contributed by atoms with van der Waals surface area (Å²) in [6.45, 7) is 2.72. The van der Waals surface area contributed by atoms with Crippen LogP contribution in [0.25, 0.3) is 0 Å². The smallest absolute Gasteiger partial charge is 0.249 e. The zero-order valence-corrected chi connectivity index (χ0v) is 14.1. The van der Waals surface area contributed by atoms with Crippen LogP contribution in [0.15, 0.2) is 0 Å². The van der Waals surface area contributed by atoms with Crippen molar-refractivity contribution in [3.05, 3.63) is 0 Å². The minimum atomic E-state index is -0.583. The van der Waals surface area contributed by atoms with Gasteiger partial charge in [0.15, 0.2) is 0 Å². The van der Waals surface area contributed by atoms with Gasteiger partial charge in [-0.15, -0.1) is 0 Å². The number of rotatable bonds is 6. The fourth-order valence-electron chi connectivity index (χ4n) is 3.62. The molecule has 1 saturated heterocycles. The Morgan fingerprint density at radius 3 is 2.57 bits per heavy atom. The summed E-state index contributed by atoms with van der Waals surface area (Å²) in [5, 5.41) is 3.08. The van der Waals surface area contributed by atoms with Gasteiger partial charge in [-0.1, -0.05) is 26.2 Å². The number of piperazine rings is 1. The van der Waals surface area contributed by atoms with Crippen molar-refractivity contribution in [1.29, 1.82) is 0 Å². The molecular formula is C16H28N2O2S. The van der Waals surface area contributed by atoms with Gasteiger partial charge in [0.05, 0.1) is 0 Å². The van der Waals surface area contributed by atoms with Gasteiger partial charge in [0.1, 0.15) is 11.6 Å². The van der Waals surface area contributed by atoms with E-state index in [1.54, 1.807) is 0 Å². The molecule has 1 spiro atoms. The van der Waals surface area contributed by atoms with Crippen LogP contribution >= 0.6 is 11.8 Å². The van der Waals surface area contributed by atoms with Gasteiger partial charge in [-0.3, -0.25) is 9.59 Å². The maximum Gasteiger partial charge on any atom is 0.249 e. The Hall–Kier alpha value is -0.710. The van der Waals surface area contributed by atoms with Crippen molar-refractivity contribution in [1.82, 2.24) is 10.2 Å². The molecule has 2 aliphatic rings. The van der Waals surface area contributed by atoms with Crippen molar-refractivity contribution >= 4 is 23.6 Å². The van der Waals surface area contributed by atoms with Crippen LogP contribution in [0.5, 0.6) is 0 Å². The second-order valence-electron chi connectivity index (χ2n) is 6.25. The minimum absolute atomic E-state index is 0.0591. The van der Waals surface area contributed by atoms with Crippen LogP contribution in [0.2, 0.25) is 0 Å². The number of carbonyl (C=O) groups excluding carboxylic acids is 2. The molecule has 5 heteroatoms. The predicted molar refractivity (Wildman–Crippen MR) is 87.4 cm³/mol. The molecule has 2 rings (SSSR count). The lowest BCUT2D eigenvalue weighted by atomic mass is 9.78. The lowest BCUT2D eigenvalue weighted by Crippen LogP contribution is -2.70. The first kappa shape index (κ1) is 16.7. The maximum absolute atomic E-state index is 13.0. The van der Waals surface area contributed by atoms with Crippen molar-refractivity contribution in [2.75, 3.05) is 18.6 Å². The molecule has 1 N–H and O–H groups in total. The van der Waals surface area contributed by atoms with E-state index in [4.69, 9.17) is 0 Å². The largest absolute Gasteiger partial charge is 0.340 e. The van der Waals surface area contributed by atoms with Crippen molar-refractivity contribution in [3.8, 4) is 0 Å². The lowest BCUT2D eigenvalue weighted by molar-refractivity contribution is -0.156. The van der Waals surface area contributed by atoms with E-state index in [9.17, 15) is 9.59 Å². The Balaban J connectivity index is 2.08.